The Morgan fingerprint density at radius 3 is 3.00 bits per heavy atom. The van der Waals surface area contributed by atoms with Crippen LogP contribution < -0.4 is 10.6 Å². The molecule has 20 heavy (non-hydrogen) atoms. The van der Waals surface area contributed by atoms with E-state index in [1.165, 1.54) is 12.1 Å². The van der Waals surface area contributed by atoms with E-state index in [0.717, 1.165) is 36.9 Å². The SMILES string of the molecule is Cc1cc(F)ccc1CCNC(=O)C1CC(C)CCN1. The summed E-state index contributed by atoms with van der Waals surface area (Å²) in [5, 5.41) is 6.22. The minimum Gasteiger partial charge on any atom is -0.354 e. The maximum Gasteiger partial charge on any atom is 0.237 e. The van der Waals surface area contributed by atoms with Crippen molar-refractivity contribution in [1.29, 1.82) is 0 Å². The Labute approximate surface area is 120 Å². The smallest absolute Gasteiger partial charge is 0.237 e. The van der Waals surface area contributed by atoms with Crippen molar-refractivity contribution >= 4 is 5.91 Å². The van der Waals surface area contributed by atoms with Gasteiger partial charge in [-0.15, -0.1) is 0 Å². The minimum atomic E-state index is -0.212. The summed E-state index contributed by atoms with van der Waals surface area (Å²) in [6.45, 7) is 5.59. The van der Waals surface area contributed by atoms with Crippen LogP contribution in [0.15, 0.2) is 18.2 Å². The number of amides is 1. The highest BCUT2D eigenvalue weighted by Gasteiger charge is 2.23. The molecule has 1 amide bonds. The van der Waals surface area contributed by atoms with Gasteiger partial charge in [0.2, 0.25) is 5.91 Å². The van der Waals surface area contributed by atoms with E-state index in [-0.39, 0.29) is 17.8 Å². The van der Waals surface area contributed by atoms with Crippen molar-refractivity contribution in [2.45, 2.75) is 39.2 Å². The van der Waals surface area contributed by atoms with Crippen LogP contribution in [0.3, 0.4) is 0 Å². The highest BCUT2D eigenvalue weighted by molar-refractivity contribution is 5.81. The molecule has 0 spiro atoms. The average molecular weight is 278 g/mol. The molecule has 4 heteroatoms. The fourth-order valence-electron chi connectivity index (χ4n) is 2.69. The first-order chi connectivity index (χ1) is 9.56. The third-order valence-corrected chi connectivity index (χ3v) is 3.98. The van der Waals surface area contributed by atoms with E-state index in [9.17, 15) is 9.18 Å². The van der Waals surface area contributed by atoms with Gasteiger partial charge in [-0.25, -0.2) is 4.39 Å². The van der Waals surface area contributed by atoms with Gasteiger partial charge in [0.05, 0.1) is 6.04 Å². The van der Waals surface area contributed by atoms with Gasteiger partial charge in [0.1, 0.15) is 5.82 Å². The third-order valence-electron chi connectivity index (χ3n) is 3.98. The monoisotopic (exact) mass is 278 g/mol. The quantitative estimate of drug-likeness (QED) is 0.886. The fraction of sp³-hybridized carbons (Fsp3) is 0.562. The summed E-state index contributed by atoms with van der Waals surface area (Å²) < 4.78 is 13.0. The lowest BCUT2D eigenvalue weighted by molar-refractivity contribution is -0.124. The molecule has 1 aromatic rings. The van der Waals surface area contributed by atoms with Crippen LogP contribution in [-0.4, -0.2) is 25.0 Å². The molecule has 0 radical (unpaired) electrons. The number of hydrogen-bond acceptors (Lipinski definition) is 2. The second kappa shape index (κ2) is 6.84. The summed E-state index contributed by atoms with van der Waals surface area (Å²) in [7, 11) is 0. The summed E-state index contributed by atoms with van der Waals surface area (Å²) in [6, 6.07) is 4.72. The zero-order chi connectivity index (χ0) is 14.5. The molecule has 0 bridgehead atoms. The van der Waals surface area contributed by atoms with E-state index in [4.69, 9.17) is 0 Å². The molecule has 2 rings (SSSR count). The average Bonchev–Trinajstić information content (AvgIpc) is 2.41. The Balaban J connectivity index is 1.79. The Bertz CT molecular complexity index is 476. The number of carbonyl (C=O) groups excluding carboxylic acids is 1. The van der Waals surface area contributed by atoms with Gasteiger partial charge in [0.25, 0.3) is 0 Å². The van der Waals surface area contributed by atoms with E-state index in [1.807, 2.05) is 6.92 Å². The first-order valence-electron chi connectivity index (χ1n) is 7.32. The van der Waals surface area contributed by atoms with E-state index >= 15 is 0 Å². The molecule has 1 aliphatic rings. The molecule has 0 aromatic heterocycles. The molecule has 1 fully saturated rings. The normalized spacial score (nSPS) is 22.6. The van der Waals surface area contributed by atoms with Crippen LogP contribution in [0, 0.1) is 18.7 Å². The number of carbonyl (C=O) groups is 1. The number of benzene rings is 1. The van der Waals surface area contributed by atoms with Crippen LogP contribution in [0.5, 0.6) is 0 Å². The van der Waals surface area contributed by atoms with Crippen LogP contribution in [0.25, 0.3) is 0 Å². The van der Waals surface area contributed by atoms with Gasteiger partial charge in [-0.1, -0.05) is 13.0 Å². The van der Waals surface area contributed by atoms with Crippen LogP contribution in [-0.2, 0) is 11.2 Å². The van der Waals surface area contributed by atoms with E-state index < -0.39 is 0 Å². The predicted molar refractivity (Wildman–Crippen MR) is 78.0 cm³/mol. The zero-order valence-electron chi connectivity index (χ0n) is 12.2. The lowest BCUT2D eigenvalue weighted by Crippen LogP contribution is -2.48. The number of aryl methyl sites for hydroxylation is 1. The Hall–Kier alpha value is -1.42. The molecule has 1 aliphatic heterocycles. The number of halogens is 1. The number of hydrogen-bond donors (Lipinski definition) is 2. The van der Waals surface area contributed by atoms with E-state index in [0.29, 0.717) is 12.5 Å². The summed E-state index contributed by atoms with van der Waals surface area (Å²) >= 11 is 0. The third kappa shape index (κ3) is 4.04. The van der Waals surface area contributed by atoms with Crippen LogP contribution in [0.4, 0.5) is 4.39 Å². The molecule has 3 nitrogen and oxygen atoms in total. The first kappa shape index (κ1) is 15.0. The molecular weight excluding hydrogens is 255 g/mol. The van der Waals surface area contributed by atoms with Crippen LogP contribution >= 0.6 is 0 Å². The van der Waals surface area contributed by atoms with Crippen LogP contribution in [0.1, 0.15) is 30.9 Å². The molecule has 2 N–H and O–H groups in total. The topological polar surface area (TPSA) is 41.1 Å². The van der Waals surface area contributed by atoms with Gasteiger partial charge >= 0.3 is 0 Å². The summed E-state index contributed by atoms with van der Waals surface area (Å²) in [5.41, 5.74) is 2.01. The Morgan fingerprint density at radius 2 is 2.30 bits per heavy atom. The van der Waals surface area contributed by atoms with Gasteiger partial charge in [0.15, 0.2) is 0 Å². The fourth-order valence-corrected chi connectivity index (χ4v) is 2.69. The molecule has 1 aromatic carbocycles. The van der Waals surface area contributed by atoms with E-state index in [2.05, 4.69) is 17.6 Å². The second-order valence-corrected chi connectivity index (χ2v) is 5.75. The minimum absolute atomic E-state index is 0.0620. The van der Waals surface area contributed by atoms with Gasteiger partial charge in [-0.3, -0.25) is 4.79 Å². The van der Waals surface area contributed by atoms with Crippen LogP contribution in [0.2, 0.25) is 0 Å². The lowest BCUT2D eigenvalue weighted by Gasteiger charge is -2.27. The highest BCUT2D eigenvalue weighted by Crippen LogP contribution is 2.15. The molecule has 2 atom stereocenters. The van der Waals surface area contributed by atoms with Gasteiger partial charge in [-0.05, 0) is 61.9 Å². The summed E-state index contributed by atoms with van der Waals surface area (Å²) in [4.78, 5) is 12.0. The maximum absolute atomic E-state index is 13.0. The lowest BCUT2D eigenvalue weighted by atomic mass is 9.94. The van der Waals surface area contributed by atoms with Crippen molar-refractivity contribution in [3.05, 3.63) is 35.1 Å². The van der Waals surface area contributed by atoms with Gasteiger partial charge < -0.3 is 10.6 Å². The summed E-state index contributed by atoms with van der Waals surface area (Å²) in [5.74, 6) is 0.471. The second-order valence-electron chi connectivity index (χ2n) is 5.75. The van der Waals surface area contributed by atoms with Crippen molar-refractivity contribution in [3.63, 3.8) is 0 Å². The molecule has 1 heterocycles. The Kier molecular flexibility index (Phi) is 5.12. The zero-order valence-corrected chi connectivity index (χ0v) is 12.2. The summed E-state index contributed by atoms with van der Waals surface area (Å²) in [6.07, 6.45) is 2.78. The highest BCUT2D eigenvalue weighted by atomic mass is 19.1. The Morgan fingerprint density at radius 1 is 1.50 bits per heavy atom. The molecule has 110 valence electrons. The molecule has 0 aliphatic carbocycles. The molecular formula is C16H23FN2O. The largest absolute Gasteiger partial charge is 0.354 e. The number of rotatable bonds is 4. The number of nitrogens with one attached hydrogen (secondary N) is 2. The molecule has 0 saturated carbocycles. The molecule has 1 saturated heterocycles. The van der Waals surface area contributed by atoms with E-state index in [1.54, 1.807) is 6.07 Å². The molecule has 2 unspecified atom stereocenters. The van der Waals surface area contributed by atoms with Gasteiger partial charge in [0, 0.05) is 6.54 Å². The standard InChI is InChI=1S/C16H23FN2O/c1-11-5-7-18-15(9-11)16(20)19-8-6-13-3-4-14(17)10-12(13)2/h3-4,10-11,15,18H,5-9H2,1-2H3,(H,19,20). The van der Waals surface area contributed by atoms with Crippen molar-refractivity contribution in [2.75, 3.05) is 13.1 Å². The van der Waals surface area contributed by atoms with Gasteiger partial charge in [-0.2, -0.15) is 0 Å². The van der Waals surface area contributed by atoms with Crippen molar-refractivity contribution < 1.29 is 9.18 Å². The first-order valence-corrected chi connectivity index (χ1v) is 7.32. The van der Waals surface area contributed by atoms with Crippen molar-refractivity contribution in [3.8, 4) is 0 Å². The predicted octanol–water partition coefficient (Wildman–Crippen LogP) is 2.18. The van der Waals surface area contributed by atoms with Crippen molar-refractivity contribution in [1.82, 2.24) is 10.6 Å². The maximum atomic E-state index is 13.0. The van der Waals surface area contributed by atoms with Crippen molar-refractivity contribution in [2.24, 2.45) is 5.92 Å². The number of piperidine rings is 1.